The second kappa shape index (κ2) is 21.9. The fraction of sp³-hybridized carbons (Fsp3) is 0.769. The van der Waals surface area contributed by atoms with Crippen molar-refractivity contribution in [2.75, 3.05) is 61.5 Å². The van der Waals surface area contributed by atoms with Crippen LogP contribution in [0.3, 0.4) is 0 Å². The number of cyclic esters (lactones) is 1. The number of hydrogen-bond acceptors (Lipinski definition) is 11. The molecule has 1 unspecified atom stereocenters. The Labute approximate surface area is 308 Å². The van der Waals surface area contributed by atoms with Crippen molar-refractivity contribution in [2.45, 2.75) is 128 Å². The smallest absolute Gasteiger partial charge is 0.309 e. The predicted octanol–water partition coefficient (Wildman–Crippen LogP) is 7.07. The van der Waals surface area contributed by atoms with Gasteiger partial charge in [0, 0.05) is 39.1 Å². The van der Waals surface area contributed by atoms with E-state index < -0.39 is 50.2 Å². The summed E-state index contributed by atoms with van der Waals surface area (Å²) in [5.41, 5.74) is 1.95. The van der Waals surface area contributed by atoms with Crippen LogP contribution in [0.4, 0.5) is 0 Å². The van der Waals surface area contributed by atoms with Crippen molar-refractivity contribution in [3.8, 4) is 0 Å². The van der Waals surface area contributed by atoms with Gasteiger partial charge in [-0.15, -0.1) is 0 Å². The van der Waals surface area contributed by atoms with Crippen molar-refractivity contribution >= 4 is 14.3 Å². The molecule has 2 bridgehead atoms. The number of carbonyl (C=O) groups is 1. The number of benzene rings is 1. The summed E-state index contributed by atoms with van der Waals surface area (Å²) in [6.07, 6.45) is 0.340. The Bertz CT molecular complexity index is 1180. The zero-order valence-electron chi connectivity index (χ0n) is 33.5. The second-order valence-electron chi connectivity index (χ2n) is 15.6. The number of ether oxygens (including phenoxy) is 8. The largest absolute Gasteiger partial charge is 0.458 e. The van der Waals surface area contributed by atoms with Crippen molar-refractivity contribution in [1.29, 1.82) is 0 Å². The average molecular weight is 741 g/mol. The van der Waals surface area contributed by atoms with Gasteiger partial charge in [-0.05, 0) is 54.6 Å². The first-order valence-corrected chi connectivity index (χ1v) is 21.1. The number of fused-ring (bicyclic) bond motifs is 2. The molecule has 0 saturated heterocycles. The van der Waals surface area contributed by atoms with E-state index in [1.54, 1.807) is 14.2 Å². The number of aliphatic hydroxyl groups excluding tert-OH is 1. The predicted molar refractivity (Wildman–Crippen MR) is 200 cm³/mol. The van der Waals surface area contributed by atoms with Crippen LogP contribution in [0.5, 0.6) is 0 Å². The zero-order valence-corrected chi connectivity index (χ0v) is 34.5. The Kier molecular flexibility index (Phi) is 19.5. The molecule has 1 aromatic rings. The lowest BCUT2D eigenvalue weighted by molar-refractivity contribution is -0.175. The number of esters is 1. The first-order chi connectivity index (χ1) is 24.0. The molecule has 0 aromatic heterocycles. The molecule has 1 aliphatic heterocycles. The molecule has 0 radical (unpaired) electrons. The second-order valence-corrected chi connectivity index (χ2v) is 20.3. The van der Waals surface area contributed by atoms with Crippen LogP contribution < -0.4 is 0 Å². The lowest BCUT2D eigenvalue weighted by atomic mass is 9.76. The molecular formula is C39H68O11Si. The van der Waals surface area contributed by atoms with Gasteiger partial charge in [0.2, 0.25) is 0 Å². The number of aliphatic hydroxyl groups is 1. The highest BCUT2D eigenvalue weighted by Crippen LogP contribution is 2.41. The third kappa shape index (κ3) is 14.6. The standard InChI is InChI=1S/C39H68O11Si/c1-13-29(24-46-27-45-18-17-42-8)19-28(2)33-21-32(50-51(11,12)38(3,4)5)22-35(40)39(6,7)31-16-14-15-30(20-31)37(48-26-44-10)34(47-25-43-9)23-36(41)49-33/h14-16,19-20,29,32-35,37,40H,13,17-18,21-27H2,1-12H3/b28-19-/t29-,32+,33+,34-,35+,37?/m1/s1. The van der Waals surface area contributed by atoms with E-state index in [1.165, 1.54) is 7.11 Å². The maximum Gasteiger partial charge on any atom is 0.309 e. The molecule has 0 aliphatic carbocycles. The lowest BCUT2D eigenvalue weighted by Gasteiger charge is -2.42. The SMILES string of the molecule is CC[C@H](/C=C(/C)[C@@H]1C[C@H](O[Si](C)(C)C(C)(C)C)C[C@H](O)C(C)(C)c2cccc(c2)C(OCOC)[C@H](OCOC)CC(=O)O1)COCOCCOC. The summed E-state index contributed by atoms with van der Waals surface area (Å²) >= 11 is 0. The molecule has 11 nitrogen and oxygen atoms in total. The fourth-order valence-corrected chi connectivity index (χ4v) is 7.15. The van der Waals surface area contributed by atoms with Gasteiger partial charge < -0.3 is 47.4 Å². The molecule has 294 valence electrons. The summed E-state index contributed by atoms with van der Waals surface area (Å²) in [5.74, 6) is -0.391. The molecule has 0 amide bonds. The van der Waals surface area contributed by atoms with Gasteiger partial charge in [-0.1, -0.05) is 71.9 Å². The van der Waals surface area contributed by atoms with Crippen LogP contribution in [0.25, 0.3) is 0 Å². The van der Waals surface area contributed by atoms with Gasteiger partial charge in [0.05, 0.1) is 38.4 Å². The van der Waals surface area contributed by atoms with Crippen molar-refractivity contribution in [3.05, 3.63) is 47.0 Å². The third-order valence-corrected chi connectivity index (χ3v) is 14.8. The molecule has 1 N–H and O–H groups in total. The zero-order chi connectivity index (χ0) is 38.2. The fourth-order valence-electron chi connectivity index (χ4n) is 5.77. The average Bonchev–Trinajstić information content (AvgIpc) is 3.06. The molecule has 51 heavy (non-hydrogen) atoms. The van der Waals surface area contributed by atoms with E-state index in [4.69, 9.17) is 42.3 Å². The van der Waals surface area contributed by atoms with Crippen molar-refractivity contribution in [1.82, 2.24) is 0 Å². The van der Waals surface area contributed by atoms with Crippen LogP contribution in [0.2, 0.25) is 18.1 Å². The maximum atomic E-state index is 14.0. The van der Waals surface area contributed by atoms with Gasteiger partial charge in [-0.2, -0.15) is 0 Å². The van der Waals surface area contributed by atoms with Gasteiger partial charge >= 0.3 is 5.97 Å². The third-order valence-electron chi connectivity index (χ3n) is 10.2. The van der Waals surface area contributed by atoms with E-state index in [0.29, 0.717) is 32.7 Å². The molecule has 1 aliphatic rings. The van der Waals surface area contributed by atoms with Gasteiger partial charge in [0.25, 0.3) is 0 Å². The van der Waals surface area contributed by atoms with Crippen molar-refractivity contribution < 1.29 is 52.2 Å². The Morgan fingerprint density at radius 2 is 1.71 bits per heavy atom. The highest BCUT2D eigenvalue weighted by Gasteiger charge is 2.42. The Morgan fingerprint density at radius 1 is 1.02 bits per heavy atom. The van der Waals surface area contributed by atoms with Gasteiger partial charge in [0.15, 0.2) is 8.32 Å². The van der Waals surface area contributed by atoms with Crippen molar-refractivity contribution in [3.63, 3.8) is 0 Å². The van der Waals surface area contributed by atoms with Crippen LogP contribution in [0.1, 0.15) is 91.4 Å². The van der Waals surface area contributed by atoms with Gasteiger partial charge in [0.1, 0.15) is 38.7 Å². The van der Waals surface area contributed by atoms with Crippen LogP contribution in [-0.4, -0.2) is 105 Å². The molecule has 12 heteroatoms. The quantitative estimate of drug-likeness (QED) is 0.0547. The molecule has 6 atom stereocenters. The first kappa shape index (κ1) is 45.4. The summed E-state index contributed by atoms with van der Waals surface area (Å²) < 4.78 is 52.6. The van der Waals surface area contributed by atoms with Crippen molar-refractivity contribution in [2.24, 2.45) is 5.92 Å². The minimum absolute atomic E-state index is 0.0162. The first-order valence-electron chi connectivity index (χ1n) is 18.2. The summed E-state index contributed by atoms with van der Waals surface area (Å²) in [5, 5.41) is 12.0. The van der Waals surface area contributed by atoms with Gasteiger partial charge in [-0.25, -0.2) is 0 Å². The molecule has 1 heterocycles. The van der Waals surface area contributed by atoms with Gasteiger partial charge in [-0.3, -0.25) is 4.79 Å². The molecule has 0 fully saturated rings. The highest BCUT2D eigenvalue weighted by molar-refractivity contribution is 6.74. The van der Waals surface area contributed by atoms with E-state index in [2.05, 4.69) is 46.9 Å². The van der Waals surface area contributed by atoms with Crippen LogP contribution >= 0.6 is 0 Å². The van der Waals surface area contributed by atoms with E-state index in [0.717, 1.165) is 23.1 Å². The van der Waals surface area contributed by atoms with E-state index in [1.807, 2.05) is 45.0 Å². The minimum atomic E-state index is -2.32. The topological polar surface area (TPSA) is 120 Å². The maximum absolute atomic E-state index is 14.0. The lowest BCUT2D eigenvalue weighted by Crippen LogP contribution is -2.47. The minimum Gasteiger partial charge on any atom is -0.458 e. The molecule has 2 rings (SSSR count). The Hall–Kier alpha value is -1.71. The van der Waals surface area contributed by atoms with E-state index in [-0.39, 0.29) is 37.8 Å². The van der Waals surface area contributed by atoms with Crippen LogP contribution in [-0.2, 0) is 52.5 Å². The number of rotatable bonds is 18. The summed E-state index contributed by atoms with van der Waals surface area (Å²) in [6.45, 7) is 20.7. The normalized spacial score (nSPS) is 24.5. The molecular weight excluding hydrogens is 673 g/mol. The molecule has 0 spiro atoms. The van der Waals surface area contributed by atoms with E-state index in [9.17, 15) is 9.90 Å². The molecule has 1 aromatic carbocycles. The number of hydrogen-bond donors (Lipinski definition) is 1. The summed E-state index contributed by atoms with van der Waals surface area (Å²) in [6, 6.07) is 7.90. The van der Waals surface area contributed by atoms with E-state index >= 15 is 0 Å². The Morgan fingerprint density at radius 3 is 2.33 bits per heavy atom. The van der Waals surface area contributed by atoms with Crippen LogP contribution in [0.15, 0.2) is 35.9 Å². The number of carbonyl (C=O) groups excluding carboxylic acids is 1. The number of methoxy groups -OCH3 is 3. The summed E-state index contributed by atoms with van der Waals surface area (Å²) in [7, 11) is 2.39. The highest BCUT2D eigenvalue weighted by atomic mass is 28.4. The molecule has 0 saturated carbocycles. The summed E-state index contributed by atoms with van der Waals surface area (Å²) in [4.78, 5) is 14.0. The Balaban J connectivity index is 2.64. The monoisotopic (exact) mass is 740 g/mol. The van der Waals surface area contributed by atoms with Crippen LogP contribution in [0, 0.1) is 5.92 Å².